The first kappa shape index (κ1) is 22.9. The Morgan fingerprint density at radius 2 is 1.47 bits per heavy atom. The number of ketones is 2. The lowest BCUT2D eigenvalue weighted by Gasteiger charge is -2.19. The molecule has 1 aliphatic rings. The lowest BCUT2D eigenvalue weighted by Crippen LogP contribution is -2.46. The molecule has 1 aliphatic carbocycles. The Morgan fingerprint density at radius 3 is 2.17 bits per heavy atom. The average Bonchev–Trinajstić information content (AvgIpc) is 3.38. The molecule has 9 heteroatoms. The zero-order chi connectivity index (χ0) is 25.2. The van der Waals surface area contributed by atoms with Gasteiger partial charge in [-0.2, -0.15) is 5.10 Å². The van der Waals surface area contributed by atoms with Crippen molar-refractivity contribution in [2.24, 2.45) is 0 Å². The summed E-state index contributed by atoms with van der Waals surface area (Å²) in [6, 6.07) is 20.4. The quantitative estimate of drug-likeness (QED) is 0.294. The average molecular weight is 480 g/mol. The van der Waals surface area contributed by atoms with E-state index >= 15 is 0 Å². The number of carbonyl (C=O) groups excluding carboxylic acids is 4. The van der Waals surface area contributed by atoms with Gasteiger partial charge in [0.15, 0.2) is 17.4 Å². The number of hydrogen-bond acceptors (Lipinski definition) is 6. The molecule has 36 heavy (non-hydrogen) atoms. The predicted octanol–water partition coefficient (Wildman–Crippen LogP) is 2.58. The van der Waals surface area contributed by atoms with Crippen molar-refractivity contribution in [3.63, 3.8) is 0 Å². The van der Waals surface area contributed by atoms with Gasteiger partial charge in [0.1, 0.15) is 6.04 Å². The van der Waals surface area contributed by atoms with Gasteiger partial charge in [-0.15, -0.1) is 0 Å². The van der Waals surface area contributed by atoms with Crippen LogP contribution in [0.4, 0.5) is 5.82 Å². The molecule has 0 fully saturated rings. The number of nitrogens with one attached hydrogen (secondary N) is 3. The van der Waals surface area contributed by atoms with Gasteiger partial charge in [-0.05, 0) is 23.8 Å². The van der Waals surface area contributed by atoms with Crippen LogP contribution in [0.3, 0.4) is 0 Å². The minimum Gasteiger partial charge on any atom is -0.394 e. The van der Waals surface area contributed by atoms with Gasteiger partial charge < -0.3 is 15.7 Å². The molecule has 0 aliphatic heterocycles. The van der Waals surface area contributed by atoms with Crippen LogP contribution in [0.15, 0.2) is 78.9 Å². The number of aliphatic hydroxyl groups excluding tert-OH is 1. The summed E-state index contributed by atoms with van der Waals surface area (Å²) >= 11 is 0. The number of aromatic amines is 1. The third-order valence-electron chi connectivity index (χ3n) is 5.91. The predicted molar refractivity (Wildman–Crippen MR) is 131 cm³/mol. The molecule has 4 N–H and O–H groups in total. The van der Waals surface area contributed by atoms with Crippen LogP contribution in [0.2, 0.25) is 0 Å². The number of H-pyrrole nitrogens is 1. The lowest BCUT2D eigenvalue weighted by molar-refractivity contribution is -0.118. The van der Waals surface area contributed by atoms with Crippen molar-refractivity contribution in [3.05, 3.63) is 107 Å². The van der Waals surface area contributed by atoms with E-state index in [9.17, 15) is 24.3 Å². The number of aliphatic hydroxyl groups is 1. The highest BCUT2D eigenvalue weighted by atomic mass is 16.3. The smallest absolute Gasteiger partial charge is 0.252 e. The molecular formula is C27H20N4O5. The van der Waals surface area contributed by atoms with Crippen molar-refractivity contribution in [1.29, 1.82) is 0 Å². The van der Waals surface area contributed by atoms with E-state index in [2.05, 4.69) is 20.8 Å². The van der Waals surface area contributed by atoms with E-state index in [1.165, 1.54) is 18.2 Å². The van der Waals surface area contributed by atoms with Crippen molar-refractivity contribution in [1.82, 2.24) is 15.5 Å². The third kappa shape index (κ3) is 4.19. The molecule has 1 atom stereocenters. The first-order valence-corrected chi connectivity index (χ1v) is 11.1. The van der Waals surface area contributed by atoms with Crippen LogP contribution >= 0.6 is 0 Å². The number of carbonyl (C=O) groups is 4. The number of nitrogens with zero attached hydrogens (tertiary/aromatic N) is 1. The van der Waals surface area contributed by atoms with E-state index in [1.807, 2.05) is 30.3 Å². The first-order chi connectivity index (χ1) is 17.5. The Morgan fingerprint density at radius 1 is 0.833 bits per heavy atom. The minimum absolute atomic E-state index is 0.0756. The van der Waals surface area contributed by atoms with E-state index in [4.69, 9.17) is 0 Å². The van der Waals surface area contributed by atoms with Crippen molar-refractivity contribution in [2.45, 2.75) is 6.04 Å². The summed E-state index contributed by atoms with van der Waals surface area (Å²) in [4.78, 5) is 51.2. The van der Waals surface area contributed by atoms with Crippen LogP contribution in [0.25, 0.3) is 11.3 Å². The van der Waals surface area contributed by atoms with E-state index < -0.39 is 24.5 Å². The van der Waals surface area contributed by atoms with Crippen LogP contribution in [0.5, 0.6) is 0 Å². The van der Waals surface area contributed by atoms with Gasteiger partial charge >= 0.3 is 0 Å². The lowest BCUT2D eigenvalue weighted by atomic mass is 9.83. The summed E-state index contributed by atoms with van der Waals surface area (Å²) in [6.07, 6.45) is 0. The Hall–Kier alpha value is -4.89. The topological polar surface area (TPSA) is 141 Å². The molecule has 1 heterocycles. The zero-order valence-corrected chi connectivity index (χ0v) is 18.8. The van der Waals surface area contributed by atoms with Gasteiger partial charge in [0.2, 0.25) is 0 Å². The number of benzene rings is 3. The Kier molecular flexibility index (Phi) is 5.97. The summed E-state index contributed by atoms with van der Waals surface area (Å²) in [6.45, 7) is -0.663. The van der Waals surface area contributed by atoms with Gasteiger partial charge in [-0.1, -0.05) is 54.6 Å². The van der Waals surface area contributed by atoms with Gasteiger partial charge in [0.05, 0.1) is 12.3 Å². The molecule has 0 saturated carbocycles. The van der Waals surface area contributed by atoms with Gasteiger partial charge in [0.25, 0.3) is 11.8 Å². The molecule has 9 nitrogen and oxygen atoms in total. The summed E-state index contributed by atoms with van der Waals surface area (Å²) in [5.41, 5.74) is 2.55. The fourth-order valence-corrected chi connectivity index (χ4v) is 4.04. The second-order valence-corrected chi connectivity index (χ2v) is 8.19. The second kappa shape index (κ2) is 9.40. The molecular weight excluding hydrogens is 460 g/mol. The molecule has 1 unspecified atom stereocenters. The number of anilines is 1. The molecule has 2 amide bonds. The fourth-order valence-electron chi connectivity index (χ4n) is 4.04. The van der Waals surface area contributed by atoms with Crippen molar-refractivity contribution < 1.29 is 24.3 Å². The number of aromatic nitrogens is 2. The molecule has 0 bridgehead atoms. The van der Waals surface area contributed by atoms with E-state index in [0.717, 1.165) is 5.56 Å². The molecule has 0 saturated heterocycles. The molecule has 1 aromatic heterocycles. The fraction of sp³-hybridized carbons (Fsp3) is 0.0741. The molecule has 0 radical (unpaired) electrons. The maximum atomic E-state index is 12.9. The Bertz CT molecular complexity index is 1510. The number of amides is 2. The van der Waals surface area contributed by atoms with Crippen LogP contribution in [0, 0.1) is 0 Å². The maximum absolute atomic E-state index is 12.9. The second-order valence-electron chi connectivity index (χ2n) is 8.19. The van der Waals surface area contributed by atoms with Crippen LogP contribution in [-0.4, -0.2) is 51.3 Å². The summed E-state index contributed by atoms with van der Waals surface area (Å²) < 4.78 is 0. The molecule has 4 aromatic rings. The van der Waals surface area contributed by atoms with Gasteiger partial charge in [-0.3, -0.25) is 24.3 Å². The van der Waals surface area contributed by atoms with Gasteiger partial charge in [-0.25, -0.2) is 0 Å². The van der Waals surface area contributed by atoms with Gasteiger partial charge in [0, 0.05) is 33.9 Å². The number of fused-ring (bicyclic) bond motifs is 2. The summed E-state index contributed by atoms with van der Waals surface area (Å²) in [7, 11) is 0. The highest BCUT2D eigenvalue weighted by Gasteiger charge is 2.30. The SMILES string of the molecule is O=C(NC(CO)C(=O)Nc1cc(-c2ccccc2)[nH]n1)c1ccc2c(c1)C(=O)c1ccccc1C2=O. The highest BCUT2D eigenvalue weighted by Crippen LogP contribution is 2.28. The molecule has 3 aromatic carbocycles. The standard InChI is InChI=1S/C27H20N4O5/c32-14-22(27(36)29-23-13-21(30-31-23)15-6-2-1-3-7-15)28-26(35)16-10-11-19-20(12-16)25(34)18-9-5-4-8-17(18)24(19)33/h1-13,22,32H,14H2,(H,28,35)(H2,29,30,31,36). The molecule has 5 rings (SSSR count). The zero-order valence-electron chi connectivity index (χ0n) is 18.8. The Labute approximate surface area is 205 Å². The highest BCUT2D eigenvalue weighted by molar-refractivity contribution is 6.28. The van der Waals surface area contributed by atoms with E-state index in [1.54, 1.807) is 30.3 Å². The largest absolute Gasteiger partial charge is 0.394 e. The van der Waals surface area contributed by atoms with E-state index in [0.29, 0.717) is 11.3 Å². The van der Waals surface area contributed by atoms with E-state index in [-0.39, 0.29) is 39.6 Å². The normalized spacial score (nSPS) is 12.9. The number of hydrogen-bond donors (Lipinski definition) is 4. The minimum atomic E-state index is -1.27. The summed E-state index contributed by atoms with van der Waals surface area (Å²) in [5, 5.41) is 21.6. The van der Waals surface area contributed by atoms with Crippen molar-refractivity contribution in [3.8, 4) is 11.3 Å². The first-order valence-electron chi connectivity index (χ1n) is 11.1. The Balaban J connectivity index is 1.30. The van der Waals surface area contributed by atoms with Crippen molar-refractivity contribution >= 4 is 29.2 Å². The molecule has 0 spiro atoms. The molecule has 178 valence electrons. The van der Waals surface area contributed by atoms with Crippen LogP contribution in [-0.2, 0) is 4.79 Å². The maximum Gasteiger partial charge on any atom is 0.252 e. The summed E-state index contributed by atoms with van der Waals surface area (Å²) in [5.74, 6) is -1.79. The third-order valence-corrected chi connectivity index (χ3v) is 5.91. The van der Waals surface area contributed by atoms with Crippen LogP contribution < -0.4 is 10.6 Å². The monoisotopic (exact) mass is 480 g/mol. The number of rotatable bonds is 6. The van der Waals surface area contributed by atoms with Crippen molar-refractivity contribution in [2.75, 3.05) is 11.9 Å². The van der Waals surface area contributed by atoms with Crippen LogP contribution in [0.1, 0.15) is 42.2 Å².